The van der Waals surface area contributed by atoms with Crippen molar-refractivity contribution < 1.29 is 102 Å². The monoisotopic (exact) mass is 862 g/mol. The van der Waals surface area contributed by atoms with Crippen LogP contribution in [0.3, 0.4) is 0 Å². The summed E-state index contributed by atoms with van der Waals surface area (Å²) in [6.07, 6.45) is -24.8. The summed E-state index contributed by atoms with van der Waals surface area (Å²) in [7, 11) is -4.75. The van der Waals surface area contributed by atoms with Crippen LogP contribution in [0.1, 0.15) is 33.6 Å². The average Bonchev–Trinajstić information content (AvgIpc) is 3.16. The highest BCUT2D eigenvalue weighted by Crippen LogP contribution is 2.53. The van der Waals surface area contributed by atoms with Crippen molar-refractivity contribution in [3.63, 3.8) is 0 Å². The van der Waals surface area contributed by atoms with Gasteiger partial charge in [-0.1, -0.05) is 5.11 Å². The molecule has 5 saturated heterocycles. The Morgan fingerprint density at radius 2 is 1.50 bits per heavy atom. The molecule has 19 atom stereocenters. The number of amides is 1. The van der Waals surface area contributed by atoms with Crippen molar-refractivity contribution in [1.29, 1.82) is 0 Å². The molecular weight excluding hydrogens is 807 g/mol. The fraction of sp³-hybridized carbons (Fsp3) is 0.969. The number of aliphatic hydroxyl groups excluding tert-OH is 6. The van der Waals surface area contributed by atoms with E-state index in [1.807, 2.05) is 0 Å². The first-order valence-corrected chi connectivity index (χ1v) is 20.4. The minimum absolute atomic E-state index is 0.0815. The molecule has 0 aromatic heterocycles. The Morgan fingerprint density at radius 1 is 0.897 bits per heavy atom. The van der Waals surface area contributed by atoms with Gasteiger partial charge in [0.25, 0.3) is 0 Å². The van der Waals surface area contributed by atoms with Gasteiger partial charge in [0.15, 0.2) is 18.9 Å². The van der Waals surface area contributed by atoms with Crippen LogP contribution in [-0.4, -0.2) is 209 Å². The lowest BCUT2D eigenvalue weighted by Gasteiger charge is -2.59. The first-order chi connectivity index (χ1) is 27.5. The van der Waals surface area contributed by atoms with Crippen LogP contribution in [-0.2, 0) is 61.0 Å². The number of hydrogen-bond donors (Lipinski definition) is 9. The van der Waals surface area contributed by atoms with E-state index in [0.29, 0.717) is 0 Å². The molecule has 9 N–H and O–H groups in total. The number of rotatable bonds is 17. The minimum Gasteiger partial charge on any atom is -0.394 e. The smallest absolute Gasteiger partial charge is 0.394 e. The van der Waals surface area contributed by atoms with Gasteiger partial charge in [0.2, 0.25) is 5.91 Å². The molecule has 0 saturated carbocycles. The zero-order valence-electron chi connectivity index (χ0n) is 32.1. The van der Waals surface area contributed by atoms with E-state index >= 15 is 0 Å². The summed E-state index contributed by atoms with van der Waals surface area (Å²) in [6, 6.07) is -1.77. The number of nitrogens with one attached hydrogen (secondary N) is 1. The van der Waals surface area contributed by atoms with Crippen LogP contribution >= 0.6 is 7.82 Å². The highest BCUT2D eigenvalue weighted by atomic mass is 31.2. The SMILES string of the molecule is CC(=O)N[C@H]1[C@H](OCCOCCOCCN=[N+]=[N-])O[C@H](CO)[C@@H](O[C@@H]2O[C@@H](C)[C@@H](O)C[C@@H]2O)[C@@]1(O)[C@@H]1O[C@@H]2COP(=O)(O)O[C@@H]2[C@H](O)[C@H]1O[C@@H]1O[C@@H](C)[C@@H](O)C[C@@H]1O. The van der Waals surface area contributed by atoms with Gasteiger partial charge in [-0.2, -0.15) is 0 Å². The Bertz CT molecular complexity index is 1440. The molecule has 1 amide bonds. The lowest BCUT2D eigenvalue weighted by molar-refractivity contribution is -0.393. The average molecular weight is 863 g/mol. The third-order valence-corrected chi connectivity index (χ3v) is 11.4. The number of nitrogens with zero attached hydrogens (tertiary/aromatic N) is 3. The van der Waals surface area contributed by atoms with Crippen molar-refractivity contribution in [2.75, 3.05) is 52.8 Å². The van der Waals surface area contributed by atoms with Crippen LogP contribution in [0.5, 0.6) is 0 Å². The maximum atomic E-state index is 13.4. The topological polar surface area (TPSA) is 358 Å². The summed E-state index contributed by atoms with van der Waals surface area (Å²) in [4.78, 5) is 25.8. The molecule has 1 unspecified atom stereocenters. The number of azide groups is 1. The molecule has 5 heterocycles. The number of hydrogen-bond acceptors (Lipinski definition) is 21. The quantitative estimate of drug-likeness (QED) is 0.0224. The molecule has 58 heavy (non-hydrogen) atoms. The van der Waals surface area contributed by atoms with E-state index < -0.39 is 137 Å². The fourth-order valence-corrected chi connectivity index (χ4v) is 8.39. The number of phosphoric acid groups is 1. The molecule has 5 aliphatic rings. The van der Waals surface area contributed by atoms with Crippen LogP contribution in [0.25, 0.3) is 10.4 Å². The van der Waals surface area contributed by atoms with E-state index in [0.717, 1.165) is 6.92 Å². The molecule has 25 nitrogen and oxygen atoms in total. The van der Waals surface area contributed by atoms with Gasteiger partial charge in [0.1, 0.15) is 66.6 Å². The van der Waals surface area contributed by atoms with Crippen molar-refractivity contribution >= 4 is 13.7 Å². The molecule has 334 valence electrons. The summed E-state index contributed by atoms with van der Waals surface area (Å²) in [5.74, 6) is -0.757. The van der Waals surface area contributed by atoms with Gasteiger partial charge in [-0.3, -0.25) is 13.8 Å². The van der Waals surface area contributed by atoms with Gasteiger partial charge in [0, 0.05) is 31.2 Å². The third-order valence-electron chi connectivity index (χ3n) is 10.4. The summed E-state index contributed by atoms with van der Waals surface area (Å²) >= 11 is 0. The lowest BCUT2D eigenvalue weighted by Crippen LogP contribution is -2.81. The second-order valence-electron chi connectivity index (χ2n) is 14.6. The summed E-state index contributed by atoms with van der Waals surface area (Å²) in [5, 5.41) is 84.6. The predicted molar refractivity (Wildman–Crippen MR) is 187 cm³/mol. The Kier molecular flexibility index (Phi) is 17.0. The number of ether oxygens (including phenoxy) is 9. The van der Waals surface area contributed by atoms with E-state index in [9.17, 15) is 50.0 Å². The minimum atomic E-state index is -4.75. The van der Waals surface area contributed by atoms with Gasteiger partial charge >= 0.3 is 7.82 Å². The van der Waals surface area contributed by atoms with Crippen molar-refractivity contribution in [1.82, 2.24) is 5.32 Å². The molecule has 0 radical (unpaired) electrons. The predicted octanol–water partition coefficient (Wildman–Crippen LogP) is -3.57. The molecule has 0 spiro atoms. The van der Waals surface area contributed by atoms with Crippen molar-refractivity contribution in [2.45, 2.75) is 143 Å². The largest absolute Gasteiger partial charge is 0.472 e. The van der Waals surface area contributed by atoms with Gasteiger partial charge in [-0.25, -0.2) is 4.57 Å². The van der Waals surface area contributed by atoms with E-state index in [-0.39, 0.29) is 52.4 Å². The number of carbonyl (C=O) groups excluding carboxylic acids is 1. The second kappa shape index (κ2) is 20.9. The number of fused-ring (bicyclic) bond motifs is 1. The molecule has 5 aliphatic heterocycles. The van der Waals surface area contributed by atoms with Gasteiger partial charge in [-0.05, 0) is 19.4 Å². The van der Waals surface area contributed by atoms with Gasteiger partial charge in [0.05, 0.1) is 70.7 Å². The highest BCUT2D eigenvalue weighted by molar-refractivity contribution is 7.47. The first kappa shape index (κ1) is 47.3. The molecule has 5 fully saturated rings. The Balaban J connectivity index is 1.52. The Morgan fingerprint density at radius 3 is 2.10 bits per heavy atom. The molecule has 0 bridgehead atoms. The molecular formula is C32H55N4O21P. The zero-order chi connectivity index (χ0) is 42.4. The zero-order valence-corrected chi connectivity index (χ0v) is 33.0. The Labute approximate surface area is 332 Å². The van der Waals surface area contributed by atoms with E-state index in [4.69, 9.17) is 57.2 Å². The maximum absolute atomic E-state index is 13.4. The van der Waals surface area contributed by atoms with Crippen molar-refractivity contribution in [3.05, 3.63) is 10.4 Å². The van der Waals surface area contributed by atoms with Crippen LogP contribution in [0, 0.1) is 0 Å². The molecule has 0 aromatic rings. The standard InChI is InChI=1S/C32H55N4O21P/c1-14-17(39)10-19(41)29(51-14)55-25-23(43)24-22(13-50-58(45,46)57-24)53-28(25)32(44)26(35-16(3)38)31(49-9-8-48-7-6-47-5-4-34-36-33)54-21(12-37)27(32)56-30-20(42)11-18(40)15(2)52-30/h14-15,17-31,37,39-44H,4-13H2,1-3H3,(H,35,38)(H,45,46)/t14-,15-,17-,18-,19-,20-,21+,22+,23-,24-,25+,26-,27+,28+,29-,30-,31+,32+/m0/s1. The van der Waals surface area contributed by atoms with Crippen LogP contribution in [0.2, 0.25) is 0 Å². The summed E-state index contributed by atoms with van der Waals surface area (Å²) in [6.45, 7) is 2.74. The van der Waals surface area contributed by atoms with E-state index in [1.165, 1.54) is 13.8 Å². The lowest BCUT2D eigenvalue weighted by atomic mass is 9.73. The molecule has 0 aliphatic carbocycles. The van der Waals surface area contributed by atoms with Gasteiger partial charge in [-0.15, -0.1) is 0 Å². The summed E-state index contributed by atoms with van der Waals surface area (Å²) in [5.41, 5.74) is 5.59. The second-order valence-corrected chi connectivity index (χ2v) is 16.0. The number of aliphatic hydroxyl groups is 7. The molecule has 0 aromatic carbocycles. The Hall–Kier alpha value is -1.75. The van der Waals surface area contributed by atoms with Crippen molar-refractivity contribution in [2.24, 2.45) is 5.11 Å². The maximum Gasteiger partial charge on any atom is 0.472 e. The normalized spacial score (nSPS) is 45.8. The summed E-state index contributed by atoms with van der Waals surface area (Å²) < 4.78 is 75.8. The number of phosphoric ester groups is 1. The third kappa shape index (κ3) is 11.2. The van der Waals surface area contributed by atoms with E-state index in [1.54, 1.807) is 0 Å². The van der Waals surface area contributed by atoms with Crippen LogP contribution in [0.4, 0.5) is 0 Å². The van der Waals surface area contributed by atoms with Crippen molar-refractivity contribution in [3.8, 4) is 0 Å². The van der Waals surface area contributed by atoms with Gasteiger partial charge < -0.3 is 88.6 Å². The highest BCUT2D eigenvalue weighted by Gasteiger charge is 2.68. The first-order valence-electron chi connectivity index (χ1n) is 18.9. The molecule has 5 rings (SSSR count). The van der Waals surface area contributed by atoms with Crippen LogP contribution < -0.4 is 5.32 Å². The van der Waals surface area contributed by atoms with Crippen LogP contribution in [0.15, 0.2) is 5.11 Å². The number of carbonyl (C=O) groups is 1. The van der Waals surface area contributed by atoms with E-state index in [2.05, 4.69) is 15.3 Å². The molecule has 26 heteroatoms. The fourth-order valence-electron chi connectivity index (χ4n) is 7.42.